The number of para-hydroxylation sites is 1. The van der Waals surface area contributed by atoms with Crippen molar-refractivity contribution in [3.05, 3.63) is 30.1 Å². The Morgan fingerprint density at radius 1 is 1.27 bits per heavy atom. The van der Waals surface area contributed by atoms with Gasteiger partial charge in [-0.1, -0.05) is 25.1 Å². The number of rotatable bonds is 7. The van der Waals surface area contributed by atoms with E-state index in [1.54, 1.807) is 4.90 Å². The maximum absolute atomic E-state index is 11.4. The third kappa shape index (κ3) is 4.05. The van der Waals surface area contributed by atoms with Gasteiger partial charge in [0.25, 0.3) is 0 Å². The van der Waals surface area contributed by atoms with Crippen molar-refractivity contribution in [1.29, 1.82) is 0 Å². The Morgan fingerprint density at radius 3 is 2.90 bits per heavy atom. The Labute approximate surface area is 176 Å². The molecule has 4 N–H and O–H groups in total. The van der Waals surface area contributed by atoms with Gasteiger partial charge < -0.3 is 25.7 Å². The first-order valence-corrected chi connectivity index (χ1v) is 10.8. The minimum absolute atomic E-state index is 0.0570. The van der Waals surface area contributed by atoms with Gasteiger partial charge in [-0.2, -0.15) is 0 Å². The van der Waals surface area contributed by atoms with Crippen LogP contribution >= 0.6 is 0 Å². The summed E-state index contributed by atoms with van der Waals surface area (Å²) in [5, 5.41) is 1.09. The number of hydrogen-bond donors (Lipinski definition) is 2. The lowest BCUT2D eigenvalue weighted by molar-refractivity contribution is -0.0178. The number of hydrogen-bond acceptors (Lipinski definition) is 5. The molecule has 3 aromatic rings. The van der Waals surface area contributed by atoms with Crippen LogP contribution in [-0.4, -0.2) is 51.3 Å². The van der Waals surface area contributed by atoms with Crippen LogP contribution in [0.25, 0.3) is 21.9 Å². The molecule has 1 aliphatic heterocycles. The van der Waals surface area contributed by atoms with Crippen LogP contribution in [0.15, 0.2) is 24.3 Å². The van der Waals surface area contributed by atoms with E-state index in [9.17, 15) is 4.79 Å². The van der Waals surface area contributed by atoms with E-state index in [2.05, 4.69) is 22.5 Å². The van der Waals surface area contributed by atoms with E-state index >= 15 is 0 Å². The molecule has 2 aromatic heterocycles. The topological polar surface area (TPSA) is 112 Å². The van der Waals surface area contributed by atoms with E-state index in [-0.39, 0.29) is 12.1 Å². The molecule has 4 rings (SSSR count). The number of nitrogens with two attached hydrogens (primary N) is 2. The third-order valence-electron chi connectivity index (χ3n) is 5.77. The summed E-state index contributed by atoms with van der Waals surface area (Å²) in [6.07, 6.45) is 4.89. The van der Waals surface area contributed by atoms with E-state index in [0.717, 1.165) is 66.4 Å². The summed E-state index contributed by atoms with van der Waals surface area (Å²) in [5.74, 6) is 1.55. The van der Waals surface area contributed by atoms with Gasteiger partial charge in [0.1, 0.15) is 11.3 Å². The first-order chi connectivity index (χ1) is 14.6. The summed E-state index contributed by atoms with van der Waals surface area (Å²) in [4.78, 5) is 22.5. The summed E-state index contributed by atoms with van der Waals surface area (Å²) in [5.41, 5.74) is 14.4. The molecule has 1 unspecified atom stereocenters. The first kappa shape index (κ1) is 20.4. The van der Waals surface area contributed by atoms with Gasteiger partial charge in [0.2, 0.25) is 0 Å². The van der Waals surface area contributed by atoms with Gasteiger partial charge in [0.05, 0.1) is 23.7 Å². The van der Waals surface area contributed by atoms with Gasteiger partial charge >= 0.3 is 6.03 Å². The number of imidazole rings is 1. The van der Waals surface area contributed by atoms with Crippen LogP contribution in [0.2, 0.25) is 0 Å². The standard InChI is InChI=1S/C22H30N6O2/c1-2-7-18-26-19-20(16-9-3-4-10-17(16)25-21(19)23)28(18)11-6-5-8-15-14-27(22(24)29)12-13-30-15/h3-4,9-10,15H,2,5-8,11-14H2,1H3,(H2,23,25)(H2,24,29). The fourth-order valence-electron chi connectivity index (χ4n) is 4.30. The molecule has 0 spiro atoms. The number of unbranched alkanes of at least 4 members (excludes halogenated alkanes) is 1. The van der Waals surface area contributed by atoms with Crippen molar-refractivity contribution in [2.75, 3.05) is 25.4 Å². The van der Waals surface area contributed by atoms with Crippen molar-refractivity contribution in [3.63, 3.8) is 0 Å². The molecule has 1 aromatic carbocycles. The molecular formula is C22H30N6O2. The van der Waals surface area contributed by atoms with E-state index < -0.39 is 0 Å². The molecule has 1 aliphatic rings. The first-order valence-electron chi connectivity index (χ1n) is 10.8. The summed E-state index contributed by atoms with van der Waals surface area (Å²) >= 11 is 0. The number of anilines is 1. The van der Waals surface area contributed by atoms with Crippen LogP contribution in [0.5, 0.6) is 0 Å². The molecule has 0 aliphatic carbocycles. The van der Waals surface area contributed by atoms with Crippen molar-refractivity contribution < 1.29 is 9.53 Å². The summed E-state index contributed by atoms with van der Waals surface area (Å²) in [6, 6.07) is 7.73. The molecule has 1 saturated heterocycles. The van der Waals surface area contributed by atoms with Crippen molar-refractivity contribution in [2.45, 2.75) is 51.7 Å². The van der Waals surface area contributed by atoms with E-state index in [4.69, 9.17) is 21.2 Å². The Balaban J connectivity index is 1.52. The van der Waals surface area contributed by atoms with E-state index in [1.807, 2.05) is 18.2 Å². The maximum atomic E-state index is 11.4. The Bertz CT molecular complexity index is 1050. The number of aryl methyl sites for hydroxylation is 2. The highest BCUT2D eigenvalue weighted by Gasteiger charge is 2.22. The maximum Gasteiger partial charge on any atom is 0.314 e. The van der Waals surface area contributed by atoms with Crippen LogP contribution in [-0.2, 0) is 17.7 Å². The molecule has 160 valence electrons. The molecule has 8 heteroatoms. The average molecular weight is 411 g/mol. The van der Waals surface area contributed by atoms with Gasteiger partial charge in [-0.25, -0.2) is 14.8 Å². The second-order valence-corrected chi connectivity index (χ2v) is 7.91. The molecule has 1 atom stereocenters. The fourth-order valence-corrected chi connectivity index (χ4v) is 4.30. The van der Waals surface area contributed by atoms with Gasteiger partial charge in [-0.05, 0) is 31.7 Å². The molecule has 8 nitrogen and oxygen atoms in total. The van der Waals surface area contributed by atoms with E-state index in [0.29, 0.717) is 25.5 Å². The molecule has 30 heavy (non-hydrogen) atoms. The zero-order valence-corrected chi connectivity index (χ0v) is 17.5. The third-order valence-corrected chi connectivity index (χ3v) is 5.77. The minimum atomic E-state index is -0.365. The van der Waals surface area contributed by atoms with Crippen LogP contribution in [0, 0.1) is 0 Å². The minimum Gasteiger partial charge on any atom is -0.382 e. The molecular weight excluding hydrogens is 380 g/mol. The zero-order chi connectivity index (χ0) is 21.1. The number of benzene rings is 1. The average Bonchev–Trinajstić information content (AvgIpc) is 3.11. The van der Waals surface area contributed by atoms with Gasteiger partial charge in [0.15, 0.2) is 5.82 Å². The Morgan fingerprint density at radius 2 is 2.10 bits per heavy atom. The number of pyridine rings is 1. The predicted molar refractivity (Wildman–Crippen MR) is 118 cm³/mol. The molecule has 3 heterocycles. The highest BCUT2D eigenvalue weighted by Crippen LogP contribution is 2.29. The lowest BCUT2D eigenvalue weighted by Crippen LogP contribution is -2.47. The van der Waals surface area contributed by atoms with Crippen molar-refractivity contribution in [2.24, 2.45) is 5.73 Å². The number of carbonyl (C=O) groups is 1. The summed E-state index contributed by atoms with van der Waals surface area (Å²) in [6.45, 7) is 4.74. The predicted octanol–water partition coefficient (Wildman–Crippen LogP) is 3.07. The SMILES string of the molecule is CCCc1nc2c(N)nc3ccccc3c2n1CCCCC1CN(C(N)=O)CCO1. The number of amides is 2. The number of aromatic nitrogens is 3. The number of urea groups is 1. The number of carbonyl (C=O) groups excluding carboxylic acids is 1. The molecule has 2 amide bonds. The highest BCUT2D eigenvalue weighted by molar-refractivity contribution is 6.06. The van der Waals surface area contributed by atoms with Crippen molar-refractivity contribution in [3.8, 4) is 0 Å². The van der Waals surface area contributed by atoms with E-state index in [1.165, 1.54) is 0 Å². The normalized spacial score (nSPS) is 17.1. The Kier molecular flexibility index (Phi) is 6.03. The zero-order valence-electron chi connectivity index (χ0n) is 17.5. The monoisotopic (exact) mass is 410 g/mol. The van der Waals surface area contributed by atoms with Gasteiger partial charge in [-0.15, -0.1) is 0 Å². The molecule has 0 saturated carbocycles. The molecule has 0 bridgehead atoms. The molecule has 1 fully saturated rings. The summed E-state index contributed by atoms with van der Waals surface area (Å²) < 4.78 is 8.12. The lowest BCUT2D eigenvalue weighted by Gasteiger charge is -2.31. The lowest BCUT2D eigenvalue weighted by atomic mass is 10.1. The molecule has 0 radical (unpaired) electrons. The highest BCUT2D eigenvalue weighted by atomic mass is 16.5. The smallest absolute Gasteiger partial charge is 0.314 e. The second-order valence-electron chi connectivity index (χ2n) is 7.91. The fraction of sp³-hybridized carbons (Fsp3) is 0.500. The number of nitrogens with zero attached hydrogens (tertiary/aromatic N) is 4. The largest absolute Gasteiger partial charge is 0.382 e. The summed E-state index contributed by atoms with van der Waals surface area (Å²) in [7, 11) is 0. The second kappa shape index (κ2) is 8.87. The van der Waals surface area contributed by atoms with Crippen LogP contribution in [0.3, 0.4) is 0 Å². The Hall–Kier alpha value is -2.87. The van der Waals surface area contributed by atoms with Gasteiger partial charge in [-0.3, -0.25) is 0 Å². The van der Waals surface area contributed by atoms with Crippen LogP contribution in [0.4, 0.5) is 10.6 Å². The van der Waals surface area contributed by atoms with Crippen LogP contribution in [0.1, 0.15) is 38.4 Å². The number of primary amides is 1. The number of morpholine rings is 1. The number of ether oxygens (including phenoxy) is 1. The number of fused-ring (bicyclic) bond motifs is 3. The van der Waals surface area contributed by atoms with Crippen LogP contribution < -0.4 is 11.5 Å². The van der Waals surface area contributed by atoms with Crippen molar-refractivity contribution in [1.82, 2.24) is 19.4 Å². The number of nitrogen functional groups attached to an aromatic ring is 1. The van der Waals surface area contributed by atoms with Crippen molar-refractivity contribution >= 4 is 33.8 Å². The van der Waals surface area contributed by atoms with Gasteiger partial charge in [0, 0.05) is 31.4 Å². The quantitative estimate of drug-likeness (QED) is 0.581.